The molecule has 0 amide bonds. The first-order chi connectivity index (χ1) is 15.4. The Kier molecular flexibility index (Phi) is 6.98. The Morgan fingerprint density at radius 2 is 1.97 bits per heavy atom. The van der Waals surface area contributed by atoms with Crippen LogP contribution in [-0.2, 0) is 11.2 Å². The summed E-state index contributed by atoms with van der Waals surface area (Å²) in [6, 6.07) is 12.6. The van der Waals surface area contributed by atoms with Crippen molar-refractivity contribution >= 4 is 21.4 Å². The second-order valence-electron chi connectivity index (χ2n) is 8.39. The zero-order valence-electron chi connectivity index (χ0n) is 18.5. The first-order valence-electron chi connectivity index (χ1n) is 10.9. The first-order valence-corrected chi connectivity index (χ1v) is 11.7. The van der Waals surface area contributed by atoms with Crippen molar-refractivity contribution < 1.29 is 24.8 Å². The number of aliphatic hydroxyl groups is 3. The number of thiophene rings is 1. The summed E-state index contributed by atoms with van der Waals surface area (Å²) in [4.78, 5) is 1.25. The van der Waals surface area contributed by atoms with Gasteiger partial charge in [-0.05, 0) is 54.1 Å². The smallest absolute Gasteiger partial charge is 0.128 e. The molecular formula is C26H30O5S. The number of fused-ring (bicyclic) bond motifs is 1. The molecule has 32 heavy (non-hydrogen) atoms. The van der Waals surface area contributed by atoms with Crippen molar-refractivity contribution in [2.45, 2.75) is 51.1 Å². The third-order valence-electron chi connectivity index (χ3n) is 6.22. The Morgan fingerprint density at radius 3 is 2.69 bits per heavy atom. The highest BCUT2D eigenvalue weighted by molar-refractivity contribution is 7.19. The van der Waals surface area contributed by atoms with Crippen molar-refractivity contribution in [3.63, 3.8) is 0 Å². The molecule has 0 bridgehead atoms. The predicted octanol–water partition coefficient (Wildman–Crippen LogP) is 4.22. The SMILES string of the molecule is C=CCOc1c(C2OC(CO)CC(O)C2O)cc(Cc2cc3ccccc3s2)c(C)c1C. The molecule has 5 nitrogen and oxygen atoms in total. The van der Waals surface area contributed by atoms with Crippen LogP contribution in [0.3, 0.4) is 0 Å². The molecule has 0 spiro atoms. The highest BCUT2D eigenvalue weighted by atomic mass is 32.1. The molecule has 3 aromatic rings. The Morgan fingerprint density at radius 1 is 1.19 bits per heavy atom. The predicted molar refractivity (Wildman–Crippen MR) is 128 cm³/mol. The molecule has 1 aliphatic heterocycles. The standard InChI is InChI=1S/C26H30O5S/c1-4-9-30-25-16(3)15(2)18(11-20-10-17-7-5-6-8-23(17)32-20)12-21(25)26-24(29)22(28)13-19(14-27)31-26/h4-8,10,12,19,22,24,26-29H,1,9,11,13-14H2,2-3H3. The summed E-state index contributed by atoms with van der Waals surface area (Å²) in [7, 11) is 0. The molecule has 0 aliphatic carbocycles. The zero-order chi connectivity index (χ0) is 22.8. The van der Waals surface area contributed by atoms with Crippen LogP contribution in [0.25, 0.3) is 10.1 Å². The number of rotatable bonds is 7. The third kappa shape index (κ3) is 4.47. The van der Waals surface area contributed by atoms with Crippen molar-refractivity contribution in [1.82, 2.24) is 0 Å². The van der Waals surface area contributed by atoms with Crippen LogP contribution in [0.1, 0.15) is 39.7 Å². The van der Waals surface area contributed by atoms with Crippen LogP contribution >= 0.6 is 11.3 Å². The van der Waals surface area contributed by atoms with E-state index in [1.807, 2.05) is 25.1 Å². The lowest BCUT2D eigenvalue weighted by atomic mass is 9.88. The fourth-order valence-corrected chi connectivity index (χ4v) is 5.45. The largest absolute Gasteiger partial charge is 0.489 e. The van der Waals surface area contributed by atoms with E-state index in [1.54, 1.807) is 17.4 Å². The Labute approximate surface area is 192 Å². The van der Waals surface area contributed by atoms with E-state index >= 15 is 0 Å². The Hall–Kier alpha value is -2.22. The van der Waals surface area contributed by atoms with Gasteiger partial charge in [-0.15, -0.1) is 11.3 Å². The van der Waals surface area contributed by atoms with Crippen molar-refractivity contribution in [2.75, 3.05) is 13.2 Å². The third-order valence-corrected chi connectivity index (χ3v) is 7.34. The summed E-state index contributed by atoms with van der Waals surface area (Å²) in [6.45, 7) is 7.91. The number of ether oxygens (including phenoxy) is 2. The molecule has 3 N–H and O–H groups in total. The van der Waals surface area contributed by atoms with Gasteiger partial charge >= 0.3 is 0 Å². The molecule has 4 rings (SSSR count). The average Bonchev–Trinajstić information content (AvgIpc) is 3.20. The molecule has 4 atom stereocenters. The van der Waals surface area contributed by atoms with Gasteiger partial charge in [-0.1, -0.05) is 30.9 Å². The van der Waals surface area contributed by atoms with Gasteiger partial charge in [-0.25, -0.2) is 0 Å². The molecule has 1 fully saturated rings. The summed E-state index contributed by atoms with van der Waals surface area (Å²) in [5, 5.41) is 32.0. The molecule has 2 heterocycles. The number of hydrogen-bond acceptors (Lipinski definition) is 6. The maximum Gasteiger partial charge on any atom is 0.128 e. The summed E-state index contributed by atoms with van der Waals surface area (Å²) >= 11 is 1.77. The van der Waals surface area contributed by atoms with E-state index < -0.39 is 24.4 Å². The zero-order valence-corrected chi connectivity index (χ0v) is 19.3. The maximum absolute atomic E-state index is 10.8. The second kappa shape index (κ2) is 9.73. The summed E-state index contributed by atoms with van der Waals surface area (Å²) in [5.74, 6) is 0.636. The lowest BCUT2D eigenvalue weighted by molar-refractivity contribution is -0.180. The molecule has 0 saturated carbocycles. The number of benzene rings is 2. The molecular weight excluding hydrogens is 424 g/mol. The van der Waals surface area contributed by atoms with Crippen LogP contribution in [0.2, 0.25) is 0 Å². The van der Waals surface area contributed by atoms with Gasteiger partial charge in [0.25, 0.3) is 0 Å². The number of hydrogen-bond donors (Lipinski definition) is 3. The first kappa shape index (κ1) is 23.0. The van der Waals surface area contributed by atoms with Crippen LogP contribution in [-0.4, -0.2) is 46.8 Å². The molecule has 4 unspecified atom stereocenters. The van der Waals surface area contributed by atoms with E-state index in [-0.39, 0.29) is 13.0 Å². The van der Waals surface area contributed by atoms with Crippen molar-refractivity contribution in [1.29, 1.82) is 0 Å². The maximum atomic E-state index is 10.8. The highest BCUT2D eigenvalue weighted by Crippen LogP contribution is 2.41. The molecule has 170 valence electrons. The molecule has 6 heteroatoms. The van der Waals surface area contributed by atoms with Crippen LogP contribution in [0.5, 0.6) is 5.75 Å². The van der Waals surface area contributed by atoms with Crippen LogP contribution in [0.4, 0.5) is 0 Å². The van der Waals surface area contributed by atoms with Crippen LogP contribution in [0.15, 0.2) is 49.1 Å². The quantitative estimate of drug-likeness (QED) is 0.466. The van der Waals surface area contributed by atoms with Crippen LogP contribution < -0.4 is 4.74 Å². The van der Waals surface area contributed by atoms with Gasteiger partial charge < -0.3 is 24.8 Å². The van der Waals surface area contributed by atoms with Crippen molar-refractivity contribution in [3.8, 4) is 5.75 Å². The van der Waals surface area contributed by atoms with Gasteiger partial charge in [0.05, 0.1) is 18.8 Å². The molecule has 2 aromatic carbocycles. The monoisotopic (exact) mass is 454 g/mol. The number of aliphatic hydroxyl groups excluding tert-OH is 3. The van der Waals surface area contributed by atoms with Crippen molar-refractivity contribution in [3.05, 3.63) is 76.2 Å². The molecule has 1 saturated heterocycles. The normalized spacial score (nSPS) is 23.4. The fraction of sp³-hybridized carbons (Fsp3) is 0.385. The van der Waals surface area contributed by atoms with Gasteiger partial charge in [-0.3, -0.25) is 0 Å². The molecule has 1 aliphatic rings. The Balaban J connectivity index is 1.77. The summed E-state index contributed by atoms with van der Waals surface area (Å²) in [6.07, 6.45) is -0.817. The van der Waals surface area contributed by atoms with Crippen molar-refractivity contribution in [2.24, 2.45) is 0 Å². The minimum Gasteiger partial charge on any atom is -0.489 e. The van der Waals surface area contributed by atoms with E-state index in [0.717, 1.165) is 23.1 Å². The van der Waals surface area contributed by atoms with Gasteiger partial charge in [0.1, 0.15) is 24.6 Å². The van der Waals surface area contributed by atoms with Gasteiger partial charge in [0, 0.05) is 28.0 Å². The lowest BCUT2D eigenvalue weighted by Gasteiger charge is -2.38. The highest BCUT2D eigenvalue weighted by Gasteiger charge is 2.39. The van der Waals surface area contributed by atoms with Gasteiger partial charge in [0.15, 0.2) is 0 Å². The average molecular weight is 455 g/mol. The second-order valence-corrected chi connectivity index (χ2v) is 9.55. The summed E-state index contributed by atoms with van der Waals surface area (Å²) in [5.41, 5.74) is 3.90. The van der Waals surface area contributed by atoms with E-state index in [0.29, 0.717) is 17.9 Å². The van der Waals surface area contributed by atoms with E-state index in [4.69, 9.17) is 9.47 Å². The molecule has 1 aromatic heterocycles. The topological polar surface area (TPSA) is 79.2 Å². The van der Waals surface area contributed by atoms with Crippen LogP contribution in [0, 0.1) is 13.8 Å². The fourth-order valence-electron chi connectivity index (χ4n) is 4.36. The summed E-state index contributed by atoms with van der Waals surface area (Å²) < 4.78 is 13.3. The van der Waals surface area contributed by atoms with E-state index in [9.17, 15) is 15.3 Å². The van der Waals surface area contributed by atoms with Gasteiger partial charge in [0.2, 0.25) is 0 Å². The Bertz CT molecular complexity index is 1070. The minimum absolute atomic E-state index is 0.191. The van der Waals surface area contributed by atoms with E-state index in [1.165, 1.54) is 15.0 Å². The molecule has 0 radical (unpaired) electrons. The van der Waals surface area contributed by atoms with E-state index in [2.05, 4.69) is 31.7 Å². The lowest BCUT2D eigenvalue weighted by Crippen LogP contribution is -2.44. The minimum atomic E-state index is -1.11. The van der Waals surface area contributed by atoms with Gasteiger partial charge in [-0.2, -0.15) is 0 Å².